The molecule has 348 valence electrons. The summed E-state index contributed by atoms with van der Waals surface area (Å²) in [5, 5.41) is 2.38. The van der Waals surface area contributed by atoms with Gasteiger partial charge in [-0.25, -0.2) is 0 Å². The molecule has 0 atom stereocenters. The lowest BCUT2D eigenvalue weighted by atomic mass is 9.67. The molecule has 3 aliphatic rings. The summed E-state index contributed by atoms with van der Waals surface area (Å²) in [5.41, 5.74) is 24.9. The zero-order chi connectivity index (χ0) is 49.0. The smallest absolute Gasteiger partial charge is 0.143 e. The molecule has 10 aromatic rings. The third-order valence-electron chi connectivity index (χ3n) is 16.8. The van der Waals surface area contributed by atoms with Crippen LogP contribution in [0.3, 0.4) is 0 Å². The van der Waals surface area contributed by atoms with Crippen molar-refractivity contribution in [1.29, 1.82) is 0 Å². The Morgan fingerprint density at radius 2 is 0.901 bits per heavy atom. The van der Waals surface area contributed by atoms with Gasteiger partial charge in [0.25, 0.3) is 0 Å². The highest BCUT2D eigenvalue weighted by Crippen LogP contribution is 2.59. The summed E-state index contributed by atoms with van der Waals surface area (Å²) in [6, 6.07) is 71.5. The minimum Gasteiger partial charge on any atom is -0.455 e. The molecule has 2 heteroatoms. The summed E-state index contributed by atoms with van der Waals surface area (Å²) in [6.45, 7) is 23.4. The van der Waals surface area contributed by atoms with Gasteiger partial charge < -0.3 is 9.32 Å². The van der Waals surface area contributed by atoms with Crippen molar-refractivity contribution in [2.45, 2.75) is 96.3 Å². The molecule has 71 heavy (non-hydrogen) atoms. The molecule has 0 saturated heterocycles. The topological polar surface area (TPSA) is 16.4 Å². The van der Waals surface area contributed by atoms with Gasteiger partial charge in [-0.05, 0) is 131 Å². The molecule has 0 amide bonds. The van der Waals surface area contributed by atoms with Crippen LogP contribution in [0.2, 0.25) is 0 Å². The number of hydrogen-bond acceptors (Lipinski definition) is 2. The Balaban J connectivity index is 1.07. The second-order valence-corrected chi connectivity index (χ2v) is 23.7. The van der Waals surface area contributed by atoms with Gasteiger partial charge in [0.1, 0.15) is 11.2 Å². The van der Waals surface area contributed by atoms with Gasteiger partial charge in [-0.3, -0.25) is 0 Å². The molecule has 0 unspecified atom stereocenters. The first kappa shape index (κ1) is 43.6. The number of fused-ring (bicyclic) bond motifs is 13. The number of nitrogens with zero attached hydrogens (tertiary/aromatic N) is 1. The van der Waals surface area contributed by atoms with Crippen molar-refractivity contribution in [1.82, 2.24) is 0 Å². The molecular weight excluding hydrogens is 859 g/mol. The molecule has 0 bridgehead atoms. The number of hydrogen-bond donors (Lipinski definition) is 0. The van der Waals surface area contributed by atoms with Crippen LogP contribution >= 0.6 is 0 Å². The Bertz CT molecular complexity index is 3800. The average Bonchev–Trinajstić information content (AvgIpc) is 4.03. The summed E-state index contributed by atoms with van der Waals surface area (Å²) < 4.78 is 7.31. The predicted octanol–water partition coefficient (Wildman–Crippen LogP) is 18.6. The molecule has 0 spiro atoms. The molecular formula is C69H61NO. The van der Waals surface area contributed by atoms with E-state index in [9.17, 15) is 0 Å². The van der Waals surface area contributed by atoms with Crippen LogP contribution < -0.4 is 4.90 Å². The summed E-state index contributed by atoms with van der Waals surface area (Å²) >= 11 is 0. The van der Waals surface area contributed by atoms with E-state index in [-0.39, 0.29) is 21.7 Å². The summed E-state index contributed by atoms with van der Waals surface area (Å²) in [7, 11) is 0. The second kappa shape index (κ2) is 14.8. The van der Waals surface area contributed by atoms with Gasteiger partial charge in [0.2, 0.25) is 0 Å². The Labute approximate surface area is 419 Å². The SMILES string of the molecule is CC(C)(C)c1cc(C(C)(C)C)c2oc3c4c(ccc3c2c1)C(C)(C)c1ccc(N(c2cccc(C3(c5ccccc5)c5ccccc5-c5ccccc53)c2)c2ccc3c(c2)C(C)(C)c2ccccc2-3)cc1-4. The summed E-state index contributed by atoms with van der Waals surface area (Å²) in [4.78, 5) is 2.52. The van der Waals surface area contributed by atoms with Crippen LogP contribution in [0.25, 0.3) is 55.3 Å². The minimum absolute atomic E-state index is 0.0143. The van der Waals surface area contributed by atoms with Crippen molar-refractivity contribution in [3.05, 3.63) is 244 Å². The standard InChI is InChI=1S/C69H61NO/c1-65(2,3)44-38-53-52-34-36-59-62(64(52)71-63(53)61(39-44)66(4,5)6)54-40-46(32-35-56(54)67(59,7)8)70(47-31-33-51-48-25-14-17-28-55(48)68(9,10)60(51)41-47)45-24-20-23-43(37-45)69(42-21-12-11-13-22-42)57-29-18-15-26-49(57)50-27-16-19-30-58(50)69/h11-41H,1-10H3. The van der Waals surface area contributed by atoms with Crippen molar-refractivity contribution in [3.63, 3.8) is 0 Å². The van der Waals surface area contributed by atoms with Gasteiger partial charge in [0, 0.05) is 49.8 Å². The van der Waals surface area contributed by atoms with Gasteiger partial charge in [0.05, 0.1) is 5.41 Å². The Kier molecular flexibility index (Phi) is 9.09. The third-order valence-corrected chi connectivity index (χ3v) is 16.8. The fourth-order valence-electron chi connectivity index (χ4n) is 13.2. The van der Waals surface area contributed by atoms with Gasteiger partial charge in [0.15, 0.2) is 0 Å². The monoisotopic (exact) mass is 919 g/mol. The molecule has 3 aliphatic carbocycles. The van der Waals surface area contributed by atoms with Crippen molar-refractivity contribution in [3.8, 4) is 33.4 Å². The van der Waals surface area contributed by atoms with Crippen molar-refractivity contribution < 1.29 is 4.42 Å². The first-order valence-electron chi connectivity index (χ1n) is 25.6. The highest BCUT2D eigenvalue weighted by molar-refractivity contribution is 6.13. The maximum Gasteiger partial charge on any atom is 0.143 e. The zero-order valence-corrected chi connectivity index (χ0v) is 42.8. The fraction of sp³-hybridized carbons (Fsp3) is 0.217. The van der Waals surface area contributed by atoms with Crippen LogP contribution in [-0.4, -0.2) is 0 Å². The van der Waals surface area contributed by atoms with Crippen LogP contribution in [0.4, 0.5) is 17.1 Å². The maximum absolute atomic E-state index is 7.31. The van der Waals surface area contributed by atoms with Crippen LogP contribution in [0.5, 0.6) is 0 Å². The van der Waals surface area contributed by atoms with Gasteiger partial charge in [-0.1, -0.05) is 215 Å². The van der Waals surface area contributed by atoms with Crippen LogP contribution in [0, 0.1) is 0 Å². The van der Waals surface area contributed by atoms with Crippen LogP contribution in [0.15, 0.2) is 192 Å². The Hall–Kier alpha value is -7.42. The van der Waals surface area contributed by atoms with Crippen molar-refractivity contribution in [2.75, 3.05) is 4.90 Å². The molecule has 0 N–H and O–H groups in total. The Morgan fingerprint density at radius 1 is 0.366 bits per heavy atom. The zero-order valence-electron chi connectivity index (χ0n) is 42.8. The van der Waals surface area contributed by atoms with E-state index in [1.54, 1.807) is 0 Å². The van der Waals surface area contributed by atoms with E-state index in [1.807, 2.05) is 0 Å². The first-order chi connectivity index (χ1) is 34.0. The molecule has 0 saturated carbocycles. The number of furan rings is 1. The fourth-order valence-corrected chi connectivity index (χ4v) is 13.2. The molecule has 9 aromatic carbocycles. The van der Waals surface area contributed by atoms with Gasteiger partial charge in [-0.2, -0.15) is 0 Å². The average molecular weight is 920 g/mol. The number of rotatable bonds is 5. The van der Waals surface area contributed by atoms with Crippen LogP contribution in [0.1, 0.15) is 125 Å². The quantitative estimate of drug-likeness (QED) is 0.171. The lowest BCUT2D eigenvalue weighted by molar-refractivity contribution is 0.559. The molecule has 0 aliphatic heterocycles. The van der Waals surface area contributed by atoms with E-state index < -0.39 is 5.41 Å². The van der Waals surface area contributed by atoms with E-state index in [4.69, 9.17) is 4.42 Å². The molecule has 1 heterocycles. The molecule has 2 nitrogen and oxygen atoms in total. The summed E-state index contributed by atoms with van der Waals surface area (Å²) in [6.07, 6.45) is 0. The highest BCUT2D eigenvalue weighted by atomic mass is 16.3. The van der Waals surface area contributed by atoms with E-state index in [0.717, 1.165) is 28.2 Å². The number of benzene rings is 9. The van der Waals surface area contributed by atoms with Gasteiger partial charge in [-0.15, -0.1) is 0 Å². The molecule has 0 radical (unpaired) electrons. The van der Waals surface area contributed by atoms with E-state index in [1.165, 1.54) is 99.8 Å². The van der Waals surface area contributed by atoms with Crippen LogP contribution in [-0.2, 0) is 27.1 Å². The highest BCUT2D eigenvalue weighted by Gasteiger charge is 2.46. The minimum atomic E-state index is -0.537. The number of anilines is 3. The molecule has 13 rings (SSSR count). The lowest BCUT2D eigenvalue weighted by Gasteiger charge is -2.35. The van der Waals surface area contributed by atoms with E-state index >= 15 is 0 Å². The van der Waals surface area contributed by atoms with Crippen molar-refractivity contribution >= 4 is 39.0 Å². The van der Waals surface area contributed by atoms with E-state index in [2.05, 4.69) is 262 Å². The second-order valence-electron chi connectivity index (χ2n) is 23.7. The molecule has 0 fully saturated rings. The lowest BCUT2D eigenvalue weighted by Crippen LogP contribution is -2.28. The Morgan fingerprint density at radius 3 is 1.58 bits per heavy atom. The first-order valence-corrected chi connectivity index (χ1v) is 25.6. The van der Waals surface area contributed by atoms with Gasteiger partial charge >= 0.3 is 0 Å². The van der Waals surface area contributed by atoms with E-state index in [0.29, 0.717) is 0 Å². The third kappa shape index (κ3) is 6.07. The normalized spacial score (nSPS) is 15.5. The molecule has 1 aromatic heterocycles. The maximum atomic E-state index is 7.31. The van der Waals surface area contributed by atoms with Crippen molar-refractivity contribution in [2.24, 2.45) is 0 Å². The largest absolute Gasteiger partial charge is 0.455 e. The predicted molar refractivity (Wildman–Crippen MR) is 298 cm³/mol. The summed E-state index contributed by atoms with van der Waals surface area (Å²) in [5.74, 6) is 0.